The first-order valence-corrected chi connectivity index (χ1v) is 7.13. The summed E-state index contributed by atoms with van der Waals surface area (Å²) >= 11 is 0. The largest absolute Gasteiger partial charge is 0.333 e. The predicted octanol–water partition coefficient (Wildman–Crippen LogP) is 4.30. The highest BCUT2D eigenvalue weighted by Gasteiger charge is 2.17. The zero-order chi connectivity index (χ0) is 17.1. The number of benzene rings is 2. The fourth-order valence-corrected chi connectivity index (χ4v) is 2.20. The second kappa shape index (κ2) is 6.57. The van der Waals surface area contributed by atoms with Gasteiger partial charge in [0.15, 0.2) is 0 Å². The number of hydrogen-bond acceptors (Lipinski definition) is 4. The topological polar surface area (TPSA) is 68.0 Å². The number of aromatic nitrogens is 2. The predicted molar refractivity (Wildman–Crippen MR) is 84.4 cm³/mol. The normalized spacial score (nSPS) is 10.8. The Hall–Kier alpha value is -3.09. The van der Waals surface area contributed by atoms with E-state index in [4.69, 9.17) is 0 Å². The fourth-order valence-electron chi connectivity index (χ4n) is 2.20. The molecule has 1 aromatic heterocycles. The van der Waals surface area contributed by atoms with Crippen molar-refractivity contribution in [2.24, 2.45) is 0 Å². The minimum atomic E-state index is -2.78. The highest BCUT2D eigenvalue weighted by atomic mass is 19.3. The number of carbonyl (C=O) groups is 1. The summed E-state index contributed by atoms with van der Waals surface area (Å²) in [4.78, 5) is 14.7. The number of anilines is 1. The van der Waals surface area contributed by atoms with Crippen LogP contribution in [0.25, 0.3) is 22.5 Å². The second-order valence-electron chi connectivity index (χ2n) is 5.09. The maximum Gasteiger partial charge on any atom is 0.315 e. The molecule has 0 unspecified atom stereocenters. The lowest BCUT2D eigenvalue weighted by molar-refractivity contribution is -0.114. The SMILES string of the molecule is CC(=O)Nc1ccc(-c2ccc(-c3noc(C(F)F)n3)cc2)cc1. The van der Waals surface area contributed by atoms with Gasteiger partial charge in [0.05, 0.1) is 0 Å². The first-order chi connectivity index (χ1) is 11.5. The molecular formula is C17H13F2N3O2. The van der Waals surface area contributed by atoms with Crippen molar-refractivity contribution in [3.05, 3.63) is 54.4 Å². The van der Waals surface area contributed by atoms with Gasteiger partial charge in [0.2, 0.25) is 11.7 Å². The molecule has 0 saturated heterocycles. The van der Waals surface area contributed by atoms with Crippen LogP contribution in [-0.2, 0) is 4.79 Å². The number of hydrogen-bond donors (Lipinski definition) is 1. The highest BCUT2D eigenvalue weighted by molar-refractivity contribution is 5.89. The molecule has 122 valence electrons. The van der Waals surface area contributed by atoms with E-state index in [0.717, 1.165) is 11.1 Å². The molecule has 5 nitrogen and oxygen atoms in total. The van der Waals surface area contributed by atoms with Crippen molar-refractivity contribution in [1.82, 2.24) is 10.1 Å². The third kappa shape index (κ3) is 3.45. The van der Waals surface area contributed by atoms with Gasteiger partial charge in [0.1, 0.15) is 0 Å². The Labute approximate surface area is 136 Å². The molecule has 1 N–H and O–H groups in total. The Morgan fingerprint density at radius 2 is 1.54 bits per heavy atom. The van der Waals surface area contributed by atoms with E-state index in [-0.39, 0.29) is 11.7 Å². The molecule has 0 bridgehead atoms. The van der Waals surface area contributed by atoms with Crippen LogP contribution < -0.4 is 5.32 Å². The van der Waals surface area contributed by atoms with E-state index < -0.39 is 12.3 Å². The third-order valence-corrected chi connectivity index (χ3v) is 3.31. The van der Waals surface area contributed by atoms with Crippen molar-refractivity contribution in [3.8, 4) is 22.5 Å². The molecule has 1 heterocycles. The smallest absolute Gasteiger partial charge is 0.315 e. The Kier molecular flexibility index (Phi) is 4.33. The van der Waals surface area contributed by atoms with Gasteiger partial charge in [0.25, 0.3) is 5.89 Å². The monoisotopic (exact) mass is 329 g/mol. The summed E-state index contributed by atoms with van der Waals surface area (Å²) < 4.78 is 29.4. The fraction of sp³-hybridized carbons (Fsp3) is 0.118. The lowest BCUT2D eigenvalue weighted by Gasteiger charge is -2.05. The lowest BCUT2D eigenvalue weighted by Crippen LogP contribution is -2.05. The summed E-state index contributed by atoms with van der Waals surface area (Å²) in [5.41, 5.74) is 3.20. The number of halogens is 2. The average Bonchev–Trinajstić information content (AvgIpc) is 3.05. The molecule has 0 aliphatic heterocycles. The van der Waals surface area contributed by atoms with Gasteiger partial charge in [-0.2, -0.15) is 13.8 Å². The van der Waals surface area contributed by atoms with Gasteiger partial charge in [-0.3, -0.25) is 4.79 Å². The number of carbonyl (C=O) groups excluding carboxylic acids is 1. The molecule has 3 rings (SSSR count). The first-order valence-electron chi connectivity index (χ1n) is 7.13. The van der Waals surface area contributed by atoms with Crippen LogP contribution >= 0.6 is 0 Å². The van der Waals surface area contributed by atoms with Crippen LogP contribution in [0.15, 0.2) is 53.1 Å². The third-order valence-electron chi connectivity index (χ3n) is 3.31. The van der Waals surface area contributed by atoms with Crippen LogP contribution in [0.4, 0.5) is 14.5 Å². The maximum absolute atomic E-state index is 12.5. The minimum absolute atomic E-state index is 0.123. The molecule has 24 heavy (non-hydrogen) atoms. The molecule has 0 saturated carbocycles. The summed E-state index contributed by atoms with van der Waals surface area (Å²) in [6.07, 6.45) is -2.78. The molecule has 0 atom stereocenters. The van der Waals surface area contributed by atoms with E-state index in [2.05, 4.69) is 20.0 Å². The van der Waals surface area contributed by atoms with E-state index in [9.17, 15) is 13.6 Å². The average molecular weight is 329 g/mol. The van der Waals surface area contributed by atoms with Crippen LogP contribution in [-0.4, -0.2) is 16.0 Å². The van der Waals surface area contributed by atoms with E-state index in [1.807, 2.05) is 24.3 Å². The van der Waals surface area contributed by atoms with Crippen molar-refractivity contribution in [3.63, 3.8) is 0 Å². The zero-order valence-electron chi connectivity index (χ0n) is 12.7. The molecule has 7 heteroatoms. The van der Waals surface area contributed by atoms with E-state index in [1.54, 1.807) is 24.3 Å². The molecule has 0 fully saturated rings. The van der Waals surface area contributed by atoms with Crippen molar-refractivity contribution in [2.45, 2.75) is 13.3 Å². The van der Waals surface area contributed by atoms with Gasteiger partial charge in [-0.15, -0.1) is 0 Å². The summed E-state index contributed by atoms with van der Waals surface area (Å²) in [5.74, 6) is -0.698. The molecule has 0 aliphatic rings. The van der Waals surface area contributed by atoms with Crippen molar-refractivity contribution >= 4 is 11.6 Å². The number of rotatable bonds is 4. The number of alkyl halides is 2. The molecule has 0 aliphatic carbocycles. The Bertz CT molecular complexity index is 843. The Morgan fingerprint density at radius 3 is 2.04 bits per heavy atom. The molecule has 0 radical (unpaired) electrons. The van der Waals surface area contributed by atoms with E-state index in [1.165, 1.54) is 6.92 Å². The van der Waals surface area contributed by atoms with Crippen molar-refractivity contribution in [1.29, 1.82) is 0 Å². The minimum Gasteiger partial charge on any atom is -0.333 e. The Morgan fingerprint density at radius 1 is 1.00 bits per heavy atom. The summed E-state index contributed by atoms with van der Waals surface area (Å²) in [5, 5.41) is 6.24. The first kappa shape index (κ1) is 15.8. The van der Waals surface area contributed by atoms with Crippen molar-refractivity contribution < 1.29 is 18.1 Å². The molecule has 0 spiro atoms. The Balaban J connectivity index is 1.79. The van der Waals surface area contributed by atoms with Gasteiger partial charge in [0, 0.05) is 18.2 Å². The second-order valence-corrected chi connectivity index (χ2v) is 5.09. The van der Waals surface area contributed by atoms with Crippen molar-refractivity contribution in [2.75, 3.05) is 5.32 Å². The lowest BCUT2D eigenvalue weighted by atomic mass is 10.0. The van der Waals surface area contributed by atoms with Gasteiger partial charge >= 0.3 is 6.43 Å². The van der Waals surface area contributed by atoms with E-state index in [0.29, 0.717) is 11.3 Å². The van der Waals surface area contributed by atoms with Crippen LogP contribution in [0.2, 0.25) is 0 Å². The highest BCUT2D eigenvalue weighted by Crippen LogP contribution is 2.26. The number of nitrogens with one attached hydrogen (secondary N) is 1. The molecule has 2 aromatic carbocycles. The zero-order valence-corrected chi connectivity index (χ0v) is 12.7. The van der Waals surface area contributed by atoms with Crippen LogP contribution in [0, 0.1) is 0 Å². The van der Waals surface area contributed by atoms with Crippen LogP contribution in [0.5, 0.6) is 0 Å². The van der Waals surface area contributed by atoms with Gasteiger partial charge in [-0.1, -0.05) is 41.6 Å². The quantitative estimate of drug-likeness (QED) is 0.775. The maximum atomic E-state index is 12.5. The van der Waals surface area contributed by atoms with Crippen LogP contribution in [0.1, 0.15) is 19.2 Å². The molecule has 3 aromatic rings. The summed E-state index contributed by atoms with van der Waals surface area (Å²) in [6.45, 7) is 1.45. The molecule has 1 amide bonds. The van der Waals surface area contributed by atoms with E-state index >= 15 is 0 Å². The van der Waals surface area contributed by atoms with Gasteiger partial charge < -0.3 is 9.84 Å². The number of amides is 1. The van der Waals surface area contributed by atoms with Gasteiger partial charge in [-0.25, -0.2) is 0 Å². The van der Waals surface area contributed by atoms with Crippen LogP contribution in [0.3, 0.4) is 0 Å². The number of nitrogens with zero attached hydrogens (tertiary/aromatic N) is 2. The summed E-state index contributed by atoms with van der Waals surface area (Å²) in [6, 6.07) is 14.5. The van der Waals surface area contributed by atoms with Gasteiger partial charge in [-0.05, 0) is 23.3 Å². The standard InChI is InChI=1S/C17H13F2N3O2/c1-10(23)20-14-8-6-12(7-9-14)11-2-4-13(5-3-11)16-21-17(15(18)19)24-22-16/h2-9,15H,1H3,(H,20,23). The molecular weight excluding hydrogens is 316 g/mol. The summed E-state index contributed by atoms with van der Waals surface area (Å²) in [7, 11) is 0.